The van der Waals surface area contributed by atoms with E-state index < -0.39 is 6.04 Å². The van der Waals surface area contributed by atoms with Crippen LogP contribution in [0.5, 0.6) is 0 Å². The minimum atomic E-state index is -0.508. The zero-order chi connectivity index (χ0) is 8.69. The van der Waals surface area contributed by atoms with E-state index in [1.807, 2.05) is 19.1 Å². The molecule has 0 heterocycles. The van der Waals surface area contributed by atoms with Gasteiger partial charge in [0.25, 0.3) is 0 Å². The van der Waals surface area contributed by atoms with E-state index >= 15 is 0 Å². The molecule has 2 N–H and O–H groups in total. The summed E-state index contributed by atoms with van der Waals surface area (Å²) in [5, 5.41) is 0. The van der Waals surface area contributed by atoms with Crippen molar-refractivity contribution in [1.82, 2.24) is 0 Å². The summed E-state index contributed by atoms with van der Waals surface area (Å²) in [6.07, 6.45) is 4.26. The van der Waals surface area contributed by atoms with E-state index in [9.17, 15) is 4.79 Å². The molecule has 0 fully saturated rings. The van der Waals surface area contributed by atoms with Gasteiger partial charge < -0.3 is 10.5 Å². The fraction of sp³-hybridized carbons (Fsp3) is 0.625. The van der Waals surface area contributed by atoms with E-state index in [0.29, 0.717) is 13.0 Å². The largest absolute Gasteiger partial charge is 0.465 e. The van der Waals surface area contributed by atoms with Crippen LogP contribution in [-0.2, 0) is 9.53 Å². The Labute approximate surface area is 67.2 Å². The van der Waals surface area contributed by atoms with Gasteiger partial charge in [-0.2, -0.15) is 0 Å². The van der Waals surface area contributed by atoms with Gasteiger partial charge in [-0.3, -0.25) is 4.79 Å². The summed E-state index contributed by atoms with van der Waals surface area (Å²) in [7, 11) is 0. The molecule has 0 aliphatic rings. The van der Waals surface area contributed by atoms with E-state index in [4.69, 9.17) is 10.5 Å². The Kier molecular flexibility index (Phi) is 5.47. The third kappa shape index (κ3) is 4.56. The van der Waals surface area contributed by atoms with Crippen LogP contribution < -0.4 is 5.73 Å². The normalized spacial score (nSPS) is 13.4. The van der Waals surface area contributed by atoms with Crippen molar-refractivity contribution in [2.45, 2.75) is 26.3 Å². The lowest BCUT2D eigenvalue weighted by Gasteiger charge is -2.06. The zero-order valence-electron chi connectivity index (χ0n) is 7.04. The van der Waals surface area contributed by atoms with E-state index in [2.05, 4.69) is 0 Å². The highest BCUT2D eigenvalue weighted by molar-refractivity contribution is 5.75. The first-order chi connectivity index (χ1) is 5.22. The van der Waals surface area contributed by atoms with Crippen LogP contribution in [-0.4, -0.2) is 18.6 Å². The Bertz CT molecular complexity index is 143. The first-order valence-corrected chi connectivity index (χ1v) is 3.75. The number of esters is 1. The number of hydrogen-bond donors (Lipinski definition) is 1. The quantitative estimate of drug-likeness (QED) is 0.486. The Morgan fingerprint density at radius 3 is 2.82 bits per heavy atom. The Morgan fingerprint density at radius 1 is 1.73 bits per heavy atom. The average Bonchev–Trinajstić information content (AvgIpc) is 2.00. The van der Waals surface area contributed by atoms with Gasteiger partial charge in [-0.1, -0.05) is 12.2 Å². The van der Waals surface area contributed by atoms with Crippen LogP contribution in [0.2, 0.25) is 0 Å². The molecule has 0 aromatic rings. The molecule has 0 rings (SSSR count). The van der Waals surface area contributed by atoms with Gasteiger partial charge in [0.2, 0.25) is 0 Å². The number of ether oxygens (including phenoxy) is 1. The molecule has 0 aromatic carbocycles. The molecule has 0 saturated carbocycles. The van der Waals surface area contributed by atoms with E-state index in [-0.39, 0.29) is 5.97 Å². The fourth-order valence-corrected chi connectivity index (χ4v) is 0.628. The minimum Gasteiger partial charge on any atom is -0.465 e. The van der Waals surface area contributed by atoms with Crippen molar-refractivity contribution < 1.29 is 9.53 Å². The smallest absolute Gasteiger partial charge is 0.323 e. The van der Waals surface area contributed by atoms with Gasteiger partial charge in [-0.15, -0.1) is 0 Å². The van der Waals surface area contributed by atoms with Gasteiger partial charge in [-0.05, 0) is 20.3 Å². The number of rotatable bonds is 4. The highest BCUT2D eigenvalue weighted by atomic mass is 16.5. The van der Waals surface area contributed by atoms with Gasteiger partial charge in [0.15, 0.2) is 0 Å². The van der Waals surface area contributed by atoms with Crippen molar-refractivity contribution >= 4 is 5.97 Å². The van der Waals surface area contributed by atoms with Crippen molar-refractivity contribution in [3.05, 3.63) is 12.2 Å². The Balaban J connectivity index is 3.63. The number of allylic oxidation sites excluding steroid dienone is 1. The molecule has 3 nitrogen and oxygen atoms in total. The fourth-order valence-electron chi connectivity index (χ4n) is 0.628. The molecule has 0 saturated heterocycles. The van der Waals surface area contributed by atoms with Crippen molar-refractivity contribution in [3.63, 3.8) is 0 Å². The predicted molar refractivity (Wildman–Crippen MR) is 44.0 cm³/mol. The molecule has 64 valence electrons. The van der Waals surface area contributed by atoms with Gasteiger partial charge in [0.05, 0.1) is 6.61 Å². The van der Waals surface area contributed by atoms with E-state index in [1.54, 1.807) is 6.92 Å². The molecule has 0 aromatic heterocycles. The zero-order valence-corrected chi connectivity index (χ0v) is 7.04. The van der Waals surface area contributed by atoms with Gasteiger partial charge in [0, 0.05) is 0 Å². The molecule has 0 aliphatic heterocycles. The van der Waals surface area contributed by atoms with Gasteiger partial charge >= 0.3 is 5.97 Å². The van der Waals surface area contributed by atoms with Crippen molar-refractivity contribution in [2.75, 3.05) is 6.61 Å². The van der Waals surface area contributed by atoms with Crippen LogP contribution in [0.15, 0.2) is 12.2 Å². The number of hydrogen-bond acceptors (Lipinski definition) is 3. The van der Waals surface area contributed by atoms with Crippen molar-refractivity contribution in [2.24, 2.45) is 5.73 Å². The van der Waals surface area contributed by atoms with Crippen LogP contribution in [0.25, 0.3) is 0 Å². The number of nitrogens with two attached hydrogens (primary N) is 1. The molecule has 0 unspecified atom stereocenters. The maximum atomic E-state index is 10.9. The summed E-state index contributed by atoms with van der Waals surface area (Å²) >= 11 is 0. The maximum Gasteiger partial charge on any atom is 0.323 e. The molecule has 11 heavy (non-hydrogen) atoms. The molecular weight excluding hydrogens is 142 g/mol. The second-order valence-corrected chi connectivity index (χ2v) is 2.16. The van der Waals surface area contributed by atoms with Gasteiger partial charge in [0.1, 0.15) is 6.04 Å². The van der Waals surface area contributed by atoms with E-state index in [0.717, 1.165) is 0 Å². The minimum absolute atomic E-state index is 0.328. The van der Waals surface area contributed by atoms with Crippen LogP contribution in [0, 0.1) is 0 Å². The lowest BCUT2D eigenvalue weighted by Crippen LogP contribution is -2.31. The van der Waals surface area contributed by atoms with Crippen LogP contribution in [0.4, 0.5) is 0 Å². The third-order valence-electron chi connectivity index (χ3n) is 1.22. The summed E-state index contributed by atoms with van der Waals surface area (Å²) in [6.45, 7) is 4.04. The number of carbonyl (C=O) groups excluding carboxylic acids is 1. The lowest BCUT2D eigenvalue weighted by molar-refractivity contribution is -0.144. The topological polar surface area (TPSA) is 52.3 Å². The SMILES string of the molecule is C/C=C\C[C@H](N)C(=O)OCC. The Hall–Kier alpha value is -0.830. The second-order valence-electron chi connectivity index (χ2n) is 2.16. The molecule has 0 spiro atoms. The first kappa shape index (κ1) is 10.2. The van der Waals surface area contributed by atoms with Gasteiger partial charge in [-0.25, -0.2) is 0 Å². The highest BCUT2D eigenvalue weighted by Gasteiger charge is 2.11. The summed E-state index contributed by atoms with van der Waals surface area (Å²) in [4.78, 5) is 10.9. The second kappa shape index (κ2) is 5.92. The standard InChI is InChI=1S/C8H15NO2/c1-3-5-6-7(9)8(10)11-4-2/h3,5,7H,4,6,9H2,1-2H3/b5-3-/t7-/m0/s1. The molecular formula is C8H15NO2. The molecule has 0 aliphatic carbocycles. The predicted octanol–water partition coefficient (Wildman–Crippen LogP) is 0.843. The molecule has 0 bridgehead atoms. The Morgan fingerprint density at radius 2 is 2.36 bits per heavy atom. The van der Waals surface area contributed by atoms with Crippen molar-refractivity contribution in [3.8, 4) is 0 Å². The van der Waals surface area contributed by atoms with E-state index in [1.165, 1.54) is 0 Å². The first-order valence-electron chi connectivity index (χ1n) is 3.75. The molecule has 1 atom stereocenters. The van der Waals surface area contributed by atoms with Crippen LogP contribution >= 0.6 is 0 Å². The van der Waals surface area contributed by atoms with Crippen molar-refractivity contribution in [1.29, 1.82) is 0 Å². The summed E-state index contributed by atoms with van der Waals surface area (Å²) < 4.78 is 4.70. The lowest BCUT2D eigenvalue weighted by atomic mass is 10.2. The number of carbonyl (C=O) groups is 1. The summed E-state index contributed by atoms with van der Waals surface area (Å²) in [5.74, 6) is -0.328. The summed E-state index contributed by atoms with van der Waals surface area (Å²) in [5.41, 5.74) is 5.46. The monoisotopic (exact) mass is 157 g/mol. The molecule has 0 radical (unpaired) electrons. The highest BCUT2D eigenvalue weighted by Crippen LogP contribution is 1.93. The molecule has 0 amide bonds. The van der Waals surface area contributed by atoms with Crippen LogP contribution in [0.3, 0.4) is 0 Å². The average molecular weight is 157 g/mol. The van der Waals surface area contributed by atoms with Crippen LogP contribution in [0.1, 0.15) is 20.3 Å². The third-order valence-corrected chi connectivity index (χ3v) is 1.22. The molecule has 3 heteroatoms. The summed E-state index contributed by atoms with van der Waals surface area (Å²) in [6, 6.07) is -0.508. The maximum absolute atomic E-state index is 10.9.